The van der Waals surface area contributed by atoms with Crippen LogP contribution in [0, 0.1) is 5.92 Å². The SMILES string of the molecule is COC[C@H](NC(=O)[C@H](C)N)C(=O)N[C@@]1(Cc2ccc(Cl)cc2)CCCN(C(=O)[C@@H](CC(=O)O)[C@H]2CCc3ccccc32)C1.O=C(O)C(F)(F)F. The molecular formula is C34H42ClF3N4O8. The summed E-state index contributed by atoms with van der Waals surface area (Å²) in [4.78, 5) is 62.8. The maximum atomic E-state index is 14.2. The van der Waals surface area contributed by atoms with E-state index in [1.54, 1.807) is 17.0 Å². The number of hydrogen-bond donors (Lipinski definition) is 5. The van der Waals surface area contributed by atoms with Gasteiger partial charge >= 0.3 is 18.1 Å². The van der Waals surface area contributed by atoms with Crippen molar-refractivity contribution in [3.8, 4) is 0 Å². The molecule has 16 heteroatoms. The number of benzene rings is 2. The number of nitrogens with zero attached hydrogens (tertiary/aromatic N) is 1. The molecule has 4 rings (SSSR count). The molecule has 1 fully saturated rings. The minimum atomic E-state index is -5.08. The molecule has 1 aliphatic heterocycles. The molecule has 0 spiro atoms. The first-order chi connectivity index (χ1) is 23.5. The number of aliphatic carboxylic acids is 2. The van der Waals surface area contributed by atoms with Crippen LogP contribution in [0.2, 0.25) is 5.02 Å². The highest BCUT2D eigenvalue weighted by atomic mass is 35.5. The molecule has 1 aliphatic carbocycles. The van der Waals surface area contributed by atoms with E-state index >= 15 is 0 Å². The van der Waals surface area contributed by atoms with Crippen LogP contribution in [0.15, 0.2) is 48.5 Å². The molecule has 0 unspecified atom stereocenters. The topological polar surface area (TPSA) is 188 Å². The number of likely N-dealkylation sites (tertiary alicyclic amines) is 1. The molecule has 12 nitrogen and oxygen atoms in total. The van der Waals surface area contributed by atoms with Gasteiger partial charge in [-0.2, -0.15) is 13.2 Å². The molecule has 5 atom stereocenters. The number of alkyl halides is 3. The maximum absolute atomic E-state index is 14.2. The predicted molar refractivity (Wildman–Crippen MR) is 176 cm³/mol. The summed E-state index contributed by atoms with van der Waals surface area (Å²) >= 11 is 6.13. The fourth-order valence-electron chi connectivity index (χ4n) is 6.44. The maximum Gasteiger partial charge on any atom is 0.490 e. The zero-order chi connectivity index (χ0) is 37.2. The number of ether oxygens (including phenoxy) is 1. The molecule has 2 aromatic carbocycles. The van der Waals surface area contributed by atoms with Crippen LogP contribution in [0.3, 0.4) is 0 Å². The molecular weight excluding hydrogens is 685 g/mol. The van der Waals surface area contributed by atoms with Crippen molar-refractivity contribution in [1.82, 2.24) is 15.5 Å². The number of fused-ring (bicyclic) bond motifs is 1. The molecule has 2 aromatic rings. The molecule has 50 heavy (non-hydrogen) atoms. The summed E-state index contributed by atoms with van der Waals surface area (Å²) < 4.78 is 37.0. The van der Waals surface area contributed by atoms with Crippen LogP contribution in [0.4, 0.5) is 13.2 Å². The highest BCUT2D eigenvalue weighted by molar-refractivity contribution is 6.30. The van der Waals surface area contributed by atoms with Crippen molar-refractivity contribution in [3.63, 3.8) is 0 Å². The number of carboxylic acid groups (broad SMARTS) is 2. The number of methoxy groups -OCH3 is 1. The van der Waals surface area contributed by atoms with Crippen LogP contribution < -0.4 is 16.4 Å². The van der Waals surface area contributed by atoms with Gasteiger partial charge in [0.2, 0.25) is 17.7 Å². The summed E-state index contributed by atoms with van der Waals surface area (Å²) in [7, 11) is 1.44. The summed E-state index contributed by atoms with van der Waals surface area (Å²) in [5, 5.41) is 23.3. The van der Waals surface area contributed by atoms with Gasteiger partial charge in [0.25, 0.3) is 0 Å². The van der Waals surface area contributed by atoms with Gasteiger partial charge in [-0.3, -0.25) is 19.2 Å². The van der Waals surface area contributed by atoms with E-state index < -0.39 is 53.5 Å². The lowest BCUT2D eigenvalue weighted by atomic mass is 9.80. The number of hydrogen-bond acceptors (Lipinski definition) is 7. The van der Waals surface area contributed by atoms with Crippen molar-refractivity contribution in [2.45, 2.75) is 75.2 Å². The van der Waals surface area contributed by atoms with Crippen molar-refractivity contribution >= 4 is 41.3 Å². The third-order valence-corrected chi connectivity index (χ3v) is 8.98. The Morgan fingerprint density at radius 1 is 1.08 bits per heavy atom. The first-order valence-corrected chi connectivity index (χ1v) is 16.3. The number of carboxylic acids is 2. The molecule has 0 bridgehead atoms. The van der Waals surface area contributed by atoms with Crippen LogP contribution in [-0.2, 0) is 41.6 Å². The summed E-state index contributed by atoms with van der Waals surface area (Å²) in [6.07, 6.45) is -2.28. The number of carbonyl (C=O) groups excluding carboxylic acids is 3. The van der Waals surface area contributed by atoms with Gasteiger partial charge in [0.15, 0.2) is 0 Å². The second-order valence-electron chi connectivity index (χ2n) is 12.6. The quantitative estimate of drug-likeness (QED) is 0.219. The average molecular weight is 727 g/mol. The number of rotatable bonds is 12. The normalized spacial score (nSPS) is 20.3. The van der Waals surface area contributed by atoms with E-state index in [9.17, 15) is 37.5 Å². The Morgan fingerprint density at radius 2 is 1.72 bits per heavy atom. The largest absolute Gasteiger partial charge is 0.490 e. The lowest BCUT2D eigenvalue weighted by Crippen LogP contribution is -2.65. The predicted octanol–water partition coefficient (Wildman–Crippen LogP) is 3.29. The van der Waals surface area contributed by atoms with Crippen molar-refractivity contribution in [3.05, 3.63) is 70.2 Å². The number of carbonyl (C=O) groups is 5. The standard InChI is InChI=1S/C32H41ClN4O6.C2HF3O2/c1-20(34)29(40)35-27(18-43-2)30(41)36-32(17-21-8-11-23(33)12-9-21)14-5-15-37(19-32)31(42)26(16-28(38)39)25-13-10-22-6-3-4-7-24(22)25;3-2(4,5)1(6)7/h3-4,6-9,11-12,20,25-27H,5,10,13-19,34H2,1-2H3,(H,35,40)(H,36,41)(H,38,39);(H,6,7)/t20-,25-,26-,27-,32+;/m0./s1. The Kier molecular flexibility index (Phi) is 14.2. The fourth-order valence-corrected chi connectivity index (χ4v) is 6.56. The molecule has 0 aromatic heterocycles. The number of aryl methyl sites for hydroxylation is 1. The zero-order valence-electron chi connectivity index (χ0n) is 27.7. The lowest BCUT2D eigenvalue weighted by Gasteiger charge is -2.45. The van der Waals surface area contributed by atoms with Gasteiger partial charge in [-0.05, 0) is 73.8 Å². The second kappa shape index (κ2) is 17.6. The number of halogens is 4. The van der Waals surface area contributed by atoms with Crippen LogP contribution in [-0.4, -0.2) is 95.4 Å². The summed E-state index contributed by atoms with van der Waals surface area (Å²) in [6, 6.07) is 13.4. The van der Waals surface area contributed by atoms with E-state index in [0.717, 1.165) is 23.1 Å². The van der Waals surface area contributed by atoms with Crippen molar-refractivity contribution in [2.24, 2.45) is 11.7 Å². The van der Waals surface area contributed by atoms with E-state index in [1.165, 1.54) is 14.0 Å². The second-order valence-corrected chi connectivity index (χ2v) is 13.0. The van der Waals surface area contributed by atoms with E-state index in [0.29, 0.717) is 37.3 Å². The molecule has 1 heterocycles. The van der Waals surface area contributed by atoms with Crippen molar-refractivity contribution < 1.29 is 52.1 Å². The molecule has 274 valence electrons. The number of amides is 3. The van der Waals surface area contributed by atoms with Gasteiger partial charge in [-0.1, -0.05) is 48.0 Å². The molecule has 3 amide bonds. The third-order valence-electron chi connectivity index (χ3n) is 8.73. The van der Waals surface area contributed by atoms with Crippen LogP contribution in [0.5, 0.6) is 0 Å². The highest BCUT2D eigenvalue weighted by Crippen LogP contribution is 2.41. The number of piperidine rings is 1. The molecule has 6 N–H and O–H groups in total. The smallest absolute Gasteiger partial charge is 0.481 e. The monoisotopic (exact) mass is 726 g/mol. The third kappa shape index (κ3) is 11.2. The summed E-state index contributed by atoms with van der Waals surface area (Å²) in [5.74, 6) is -5.86. The molecule has 1 saturated heterocycles. The Labute approximate surface area is 292 Å². The van der Waals surface area contributed by atoms with Gasteiger partial charge in [0, 0.05) is 25.2 Å². The van der Waals surface area contributed by atoms with Crippen LogP contribution >= 0.6 is 11.6 Å². The van der Waals surface area contributed by atoms with Crippen LogP contribution in [0.1, 0.15) is 55.2 Å². The molecule has 0 saturated carbocycles. The minimum absolute atomic E-state index is 0.0638. The Balaban J connectivity index is 0.000000872. The Bertz CT molecular complexity index is 1520. The fraction of sp³-hybridized carbons (Fsp3) is 0.500. The first-order valence-electron chi connectivity index (χ1n) is 16.0. The summed E-state index contributed by atoms with van der Waals surface area (Å²) in [5.41, 5.74) is 7.93. The van der Waals surface area contributed by atoms with Gasteiger partial charge in [-0.15, -0.1) is 0 Å². The van der Waals surface area contributed by atoms with E-state index in [-0.39, 0.29) is 31.4 Å². The zero-order valence-corrected chi connectivity index (χ0v) is 28.4. The van der Waals surface area contributed by atoms with E-state index in [1.807, 2.05) is 36.4 Å². The number of nitrogens with two attached hydrogens (primary N) is 1. The number of nitrogens with one attached hydrogen (secondary N) is 2. The first kappa shape index (κ1) is 40.2. The molecule has 0 radical (unpaired) electrons. The van der Waals surface area contributed by atoms with E-state index in [2.05, 4.69) is 10.6 Å². The van der Waals surface area contributed by atoms with Crippen LogP contribution in [0.25, 0.3) is 0 Å². The average Bonchev–Trinajstić information content (AvgIpc) is 3.48. The minimum Gasteiger partial charge on any atom is -0.481 e. The molecule has 2 aliphatic rings. The van der Waals surface area contributed by atoms with E-state index in [4.69, 9.17) is 32.0 Å². The van der Waals surface area contributed by atoms with Gasteiger partial charge in [0.05, 0.1) is 30.5 Å². The van der Waals surface area contributed by atoms with Gasteiger partial charge in [0.1, 0.15) is 6.04 Å². The summed E-state index contributed by atoms with van der Waals surface area (Å²) in [6.45, 7) is 2.10. The van der Waals surface area contributed by atoms with Gasteiger partial charge in [-0.25, -0.2) is 4.79 Å². The van der Waals surface area contributed by atoms with Crippen molar-refractivity contribution in [1.29, 1.82) is 0 Å². The Hall–Kier alpha value is -4.21. The van der Waals surface area contributed by atoms with Crippen molar-refractivity contribution in [2.75, 3.05) is 26.8 Å². The highest BCUT2D eigenvalue weighted by Gasteiger charge is 2.44. The lowest BCUT2D eigenvalue weighted by molar-refractivity contribution is -0.192. The Morgan fingerprint density at radius 3 is 2.30 bits per heavy atom. The van der Waals surface area contributed by atoms with Gasteiger partial charge < -0.3 is 36.2 Å².